The van der Waals surface area contributed by atoms with Gasteiger partial charge in [-0.1, -0.05) is 12.1 Å². The fraction of sp³-hybridized carbons (Fsp3) is 0.462. The van der Waals surface area contributed by atoms with Crippen LogP contribution in [0.1, 0.15) is 11.1 Å². The van der Waals surface area contributed by atoms with Gasteiger partial charge in [0.2, 0.25) is 10.0 Å². The number of sulfonamides is 1. The van der Waals surface area contributed by atoms with Crippen LogP contribution in [0.4, 0.5) is 4.79 Å². The zero-order valence-electron chi connectivity index (χ0n) is 11.5. The molecule has 7 heteroatoms. The van der Waals surface area contributed by atoms with Crippen molar-refractivity contribution < 1.29 is 17.9 Å². The average Bonchev–Trinajstić information content (AvgIpc) is 2.78. The maximum Gasteiger partial charge on any atom is 0.409 e. The maximum atomic E-state index is 12.2. The van der Waals surface area contributed by atoms with Crippen molar-refractivity contribution in [1.82, 2.24) is 9.62 Å². The monoisotopic (exact) mass is 298 g/mol. The molecule has 1 N–H and O–H groups in total. The van der Waals surface area contributed by atoms with E-state index in [9.17, 15) is 13.2 Å². The summed E-state index contributed by atoms with van der Waals surface area (Å²) in [6.07, 6.45) is -0.393. The first-order valence-electron chi connectivity index (χ1n) is 6.39. The molecule has 2 rings (SSSR count). The van der Waals surface area contributed by atoms with Gasteiger partial charge in [-0.05, 0) is 31.0 Å². The van der Waals surface area contributed by atoms with Crippen LogP contribution in [0.15, 0.2) is 23.1 Å². The quantitative estimate of drug-likeness (QED) is 0.881. The molecule has 1 aliphatic rings. The highest BCUT2D eigenvalue weighted by Gasteiger charge is 2.22. The lowest BCUT2D eigenvalue weighted by Crippen LogP contribution is -2.35. The molecule has 1 aromatic rings. The topological polar surface area (TPSA) is 75.7 Å². The van der Waals surface area contributed by atoms with E-state index in [4.69, 9.17) is 4.74 Å². The van der Waals surface area contributed by atoms with Crippen molar-refractivity contribution in [2.75, 3.05) is 26.2 Å². The summed E-state index contributed by atoms with van der Waals surface area (Å²) in [6, 6.07) is 5.29. The van der Waals surface area contributed by atoms with E-state index < -0.39 is 16.1 Å². The zero-order chi connectivity index (χ0) is 14.8. The number of carbonyl (C=O) groups excluding carboxylic acids is 1. The Hall–Kier alpha value is -1.60. The number of hydrogen-bond acceptors (Lipinski definition) is 4. The molecule has 1 saturated heterocycles. The molecule has 0 aromatic heterocycles. The van der Waals surface area contributed by atoms with Crippen molar-refractivity contribution in [2.45, 2.75) is 18.7 Å². The Bertz CT molecular complexity index is 613. The van der Waals surface area contributed by atoms with Crippen molar-refractivity contribution in [3.63, 3.8) is 0 Å². The third-order valence-electron chi connectivity index (χ3n) is 3.15. The number of benzene rings is 1. The van der Waals surface area contributed by atoms with Gasteiger partial charge in [0.25, 0.3) is 0 Å². The van der Waals surface area contributed by atoms with Gasteiger partial charge in [-0.25, -0.2) is 17.9 Å². The molecule has 0 radical (unpaired) electrons. The Morgan fingerprint density at radius 1 is 1.35 bits per heavy atom. The summed E-state index contributed by atoms with van der Waals surface area (Å²) in [5, 5.41) is 0. The van der Waals surface area contributed by atoms with Crippen LogP contribution in [0, 0.1) is 13.8 Å². The van der Waals surface area contributed by atoms with Gasteiger partial charge in [0.1, 0.15) is 6.61 Å². The Balaban J connectivity index is 2.00. The Labute approximate surface area is 118 Å². The van der Waals surface area contributed by atoms with Crippen molar-refractivity contribution in [2.24, 2.45) is 0 Å². The summed E-state index contributed by atoms with van der Waals surface area (Å²) < 4.78 is 31.7. The Kier molecular flexibility index (Phi) is 4.29. The van der Waals surface area contributed by atoms with Crippen molar-refractivity contribution >= 4 is 16.1 Å². The molecule has 1 fully saturated rings. The molecule has 0 unspecified atom stereocenters. The predicted molar refractivity (Wildman–Crippen MR) is 74.0 cm³/mol. The summed E-state index contributed by atoms with van der Waals surface area (Å²) in [6.45, 7) is 4.95. The smallest absolute Gasteiger partial charge is 0.409 e. The Morgan fingerprint density at radius 3 is 2.75 bits per heavy atom. The van der Waals surface area contributed by atoms with E-state index in [1.54, 1.807) is 19.1 Å². The van der Waals surface area contributed by atoms with E-state index in [1.807, 2.05) is 13.0 Å². The van der Waals surface area contributed by atoms with Gasteiger partial charge < -0.3 is 9.64 Å². The highest BCUT2D eigenvalue weighted by atomic mass is 32.2. The summed E-state index contributed by atoms with van der Waals surface area (Å²) in [7, 11) is -3.55. The fourth-order valence-electron chi connectivity index (χ4n) is 2.02. The number of rotatable bonds is 5. The minimum absolute atomic E-state index is 0.171. The molecule has 0 bridgehead atoms. The Morgan fingerprint density at radius 2 is 2.10 bits per heavy atom. The molecule has 1 amide bonds. The van der Waals surface area contributed by atoms with Crippen molar-refractivity contribution in [1.29, 1.82) is 0 Å². The van der Waals surface area contributed by atoms with Crippen LogP contribution in [-0.2, 0) is 14.8 Å². The second-order valence-electron chi connectivity index (χ2n) is 4.77. The number of hydrogen-bond donors (Lipinski definition) is 1. The second-order valence-corrected chi connectivity index (χ2v) is 6.50. The van der Waals surface area contributed by atoms with Gasteiger partial charge in [0.05, 0.1) is 11.4 Å². The van der Waals surface area contributed by atoms with Gasteiger partial charge in [0.15, 0.2) is 0 Å². The zero-order valence-corrected chi connectivity index (χ0v) is 12.4. The van der Waals surface area contributed by atoms with Gasteiger partial charge in [-0.2, -0.15) is 0 Å². The van der Waals surface area contributed by atoms with Crippen LogP contribution >= 0.6 is 0 Å². The number of amides is 1. The normalized spacial score (nSPS) is 15.5. The molecule has 0 aliphatic carbocycles. The van der Waals surface area contributed by atoms with Gasteiger partial charge >= 0.3 is 6.09 Å². The molecule has 0 saturated carbocycles. The minimum atomic E-state index is -3.55. The molecule has 1 aliphatic heterocycles. The molecule has 1 heterocycles. The molecule has 6 nitrogen and oxygen atoms in total. The first-order chi connectivity index (χ1) is 9.40. The number of aryl methyl sites for hydroxylation is 2. The van der Waals surface area contributed by atoms with Crippen molar-refractivity contribution in [3.8, 4) is 0 Å². The van der Waals surface area contributed by atoms with Crippen LogP contribution in [0.25, 0.3) is 0 Å². The van der Waals surface area contributed by atoms with E-state index in [1.165, 1.54) is 4.90 Å². The van der Waals surface area contributed by atoms with E-state index in [2.05, 4.69) is 4.72 Å². The molecular formula is C13H18N2O4S. The van der Waals surface area contributed by atoms with E-state index in [0.29, 0.717) is 25.3 Å². The largest absolute Gasteiger partial charge is 0.448 e. The third kappa shape index (κ3) is 3.29. The summed E-state index contributed by atoms with van der Waals surface area (Å²) in [5.74, 6) is 0. The molecule has 1 aromatic carbocycles. The highest BCUT2D eigenvalue weighted by molar-refractivity contribution is 7.89. The van der Waals surface area contributed by atoms with Crippen LogP contribution in [0.3, 0.4) is 0 Å². The average molecular weight is 298 g/mol. The first-order valence-corrected chi connectivity index (χ1v) is 7.87. The standard InChI is InChI=1S/C13H18N2O4S/c1-10-3-4-11(2)12(9-10)20(17,18)14-5-6-15-7-8-19-13(15)16/h3-4,9,14H,5-8H2,1-2H3. The fourth-order valence-corrected chi connectivity index (χ4v) is 3.37. The molecule has 20 heavy (non-hydrogen) atoms. The lowest BCUT2D eigenvalue weighted by molar-refractivity contribution is 0.159. The minimum Gasteiger partial charge on any atom is -0.448 e. The number of nitrogens with one attached hydrogen (secondary N) is 1. The number of carbonyl (C=O) groups is 1. The molecule has 110 valence electrons. The van der Waals surface area contributed by atoms with E-state index >= 15 is 0 Å². The predicted octanol–water partition coefficient (Wildman–Crippen LogP) is 1.03. The lowest BCUT2D eigenvalue weighted by Gasteiger charge is -2.14. The van der Waals surface area contributed by atoms with E-state index in [0.717, 1.165) is 5.56 Å². The van der Waals surface area contributed by atoms with Crippen LogP contribution in [0.2, 0.25) is 0 Å². The SMILES string of the molecule is Cc1ccc(C)c(S(=O)(=O)NCCN2CCOC2=O)c1. The van der Waals surface area contributed by atoms with Crippen molar-refractivity contribution in [3.05, 3.63) is 29.3 Å². The molecule has 0 spiro atoms. The number of ether oxygens (including phenoxy) is 1. The molecular weight excluding hydrogens is 280 g/mol. The van der Waals surface area contributed by atoms with Crippen LogP contribution < -0.4 is 4.72 Å². The lowest BCUT2D eigenvalue weighted by atomic mass is 10.2. The second kappa shape index (κ2) is 5.80. The molecule has 0 atom stereocenters. The van der Waals surface area contributed by atoms with Gasteiger partial charge in [-0.3, -0.25) is 0 Å². The maximum absolute atomic E-state index is 12.2. The number of cyclic esters (lactones) is 1. The summed E-state index contributed by atoms with van der Waals surface area (Å²) in [5.41, 5.74) is 1.59. The van der Waals surface area contributed by atoms with Gasteiger partial charge in [-0.15, -0.1) is 0 Å². The highest BCUT2D eigenvalue weighted by Crippen LogP contribution is 2.16. The van der Waals surface area contributed by atoms with Crippen LogP contribution in [-0.4, -0.2) is 45.7 Å². The van der Waals surface area contributed by atoms with Crippen LogP contribution in [0.5, 0.6) is 0 Å². The number of nitrogens with zero attached hydrogens (tertiary/aromatic N) is 1. The van der Waals surface area contributed by atoms with Gasteiger partial charge in [0, 0.05) is 13.1 Å². The first kappa shape index (κ1) is 14.8. The summed E-state index contributed by atoms with van der Waals surface area (Å²) in [4.78, 5) is 13.0. The van der Waals surface area contributed by atoms with E-state index in [-0.39, 0.29) is 11.4 Å². The third-order valence-corrected chi connectivity index (χ3v) is 4.75. The summed E-state index contributed by atoms with van der Waals surface area (Å²) >= 11 is 0.